The molecule has 0 atom stereocenters. The third-order valence-electron chi connectivity index (χ3n) is 6.74. The van der Waals surface area contributed by atoms with Crippen LogP contribution in [-0.2, 0) is 10.0 Å². The molecule has 11 heteroatoms. The van der Waals surface area contributed by atoms with Gasteiger partial charge in [0, 0.05) is 18.6 Å². The first-order valence-corrected chi connectivity index (χ1v) is 14.2. The largest absolute Gasteiger partial charge is 0.394 e. The Labute approximate surface area is 219 Å². The minimum absolute atomic E-state index is 0.0759. The van der Waals surface area contributed by atoms with Gasteiger partial charge in [-0.05, 0) is 90.0 Å². The van der Waals surface area contributed by atoms with Crippen molar-refractivity contribution in [3.05, 3.63) is 35.9 Å². The Kier molecular flexibility index (Phi) is 7.26. The van der Waals surface area contributed by atoms with Crippen molar-refractivity contribution in [1.29, 1.82) is 0 Å². The number of aliphatic hydroxyl groups is 1. The maximum atomic E-state index is 13.4. The van der Waals surface area contributed by atoms with E-state index in [0.717, 1.165) is 25.9 Å². The minimum Gasteiger partial charge on any atom is -0.394 e. The van der Waals surface area contributed by atoms with Gasteiger partial charge in [0.25, 0.3) is 15.9 Å². The molecule has 0 aromatic carbocycles. The Hall–Kier alpha value is -2.76. The highest BCUT2D eigenvalue weighted by atomic mass is 32.2. The Morgan fingerprint density at radius 3 is 2.27 bits per heavy atom. The summed E-state index contributed by atoms with van der Waals surface area (Å²) in [5.74, 6) is 0.835. The van der Waals surface area contributed by atoms with Crippen LogP contribution in [0.3, 0.4) is 0 Å². The summed E-state index contributed by atoms with van der Waals surface area (Å²) in [6.45, 7) is 10.5. The third-order valence-corrected chi connectivity index (χ3v) is 8.40. The van der Waals surface area contributed by atoms with Crippen LogP contribution in [0.4, 0.5) is 17.5 Å². The van der Waals surface area contributed by atoms with Crippen LogP contribution in [0.5, 0.6) is 0 Å². The van der Waals surface area contributed by atoms with Crippen LogP contribution in [0.2, 0.25) is 0 Å². The van der Waals surface area contributed by atoms with Crippen molar-refractivity contribution in [2.75, 3.05) is 35.2 Å². The molecule has 4 N–H and O–H groups in total. The molecule has 2 aromatic rings. The number of amides is 1. The van der Waals surface area contributed by atoms with E-state index >= 15 is 0 Å². The van der Waals surface area contributed by atoms with E-state index in [4.69, 9.17) is 4.98 Å². The molecule has 37 heavy (non-hydrogen) atoms. The van der Waals surface area contributed by atoms with Crippen molar-refractivity contribution >= 4 is 33.4 Å². The first kappa shape index (κ1) is 27.3. The second kappa shape index (κ2) is 9.85. The zero-order valence-corrected chi connectivity index (χ0v) is 23.1. The Balaban J connectivity index is 1.60. The zero-order chi connectivity index (χ0) is 27.1. The fourth-order valence-electron chi connectivity index (χ4n) is 4.47. The van der Waals surface area contributed by atoms with Crippen LogP contribution in [0.1, 0.15) is 70.7 Å². The summed E-state index contributed by atoms with van der Waals surface area (Å²) >= 11 is 0. The van der Waals surface area contributed by atoms with Gasteiger partial charge in [-0.25, -0.2) is 23.1 Å². The highest BCUT2D eigenvalue weighted by Gasteiger charge is 2.45. The molecular weight excluding hydrogens is 492 g/mol. The lowest BCUT2D eigenvalue weighted by Crippen LogP contribution is -2.40. The summed E-state index contributed by atoms with van der Waals surface area (Å²) < 4.78 is 28.0. The predicted molar refractivity (Wildman–Crippen MR) is 144 cm³/mol. The molecule has 202 valence electrons. The molecule has 2 aromatic heterocycles. The van der Waals surface area contributed by atoms with Crippen molar-refractivity contribution < 1.29 is 18.3 Å². The number of aromatic nitrogens is 2. The van der Waals surface area contributed by atoms with Gasteiger partial charge >= 0.3 is 0 Å². The van der Waals surface area contributed by atoms with Gasteiger partial charge in [0.15, 0.2) is 5.03 Å². The summed E-state index contributed by atoms with van der Waals surface area (Å²) in [5.41, 5.74) is -0.411. The molecule has 10 nitrogen and oxygen atoms in total. The molecule has 2 fully saturated rings. The molecule has 1 spiro atoms. The summed E-state index contributed by atoms with van der Waals surface area (Å²) in [7, 11) is -3.86. The number of piperidine rings is 1. The quantitative estimate of drug-likeness (QED) is 0.408. The standard InChI is InChI=1S/C26H38N6O4S/c1-24(2,3)31-37(35,36)21-8-6-7-19(27-21)29-23(34)18-9-10-20(30-25(4,5)17-33)28-22(18)32-15-13-26(11-12-26)14-16-32/h6-10,31,33H,11-17H2,1-5H3,(H,28,30)(H,27,29,34). The third kappa shape index (κ3) is 6.77. The maximum absolute atomic E-state index is 13.4. The number of anilines is 3. The number of nitrogens with one attached hydrogen (secondary N) is 3. The minimum atomic E-state index is -3.86. The Morgan fingerprint density at radius 1 is 1.00 bits per heavy atom. The number of carbonyl (C=O) groups excluding carboxylic acids is 1. The van der Waals surface area contributed by atoms with Gasteiger partial charge in [0.05, 0.1) is 17.7 Å². The monoisotopic (exact) mass is 530 g/mol. The SMILES string of the molecule is CC(C)(C)NS(=O)(=O)c1cccc(NC(=O)c2ccc(NC(C)(C)CO)nc2N2CCC3(CC2)CC3)n1. The highest BCUT2D eigenvalue weighted by Crippen LogP contribution is 2.54. The van der Waals surface area contributed by atoms with Crippen molar-refractivity contribution in [2.24, 2.45) is 5.41 Å². The molecule has 4 rings (SSSR count). The van der Waals surface area contributed by atoms with E-state index in [1.165, 1.54) is 18.9 Å². The van der Waals surface area contributed by atoms with E-state index < -0.39 is 27.0 Å². The molecule has 1 aliphatic heterocycles. The molecule has 1 amide bonds. The fraction of sp³-hybridized carbons (Fsp3) is 0.577. The zero-order valence-electron chi connectivity index (χ0n) is 22.3. The van der Waals surface area contributed by atoms with Gasteiger partial charge in [0.2, 0.25) is 0 Å². The van der Waals surface area contributed by atoms with Crippen LogP contribution in [0.25, 0.3) is 0 Å². The lowest BCUT2D eigenvalue weighted by molar-refractivity contribution is 0.102. The van der Waals surface area contributed by atoms with E-state index in [0.29, 0.717) is 22.6 Å². The molecular formula is C26H38N6O4S. The fourth-order valence-corrected chi connectivity index (χ4v) is 5.85. The second-order valence-corrected chi connectivity index (χ2v) is 13.5. The van der Waals surface area contributed by atoms with Crippen molar-refractivity contribution in [3.63, 3.8) is 0 Å². The molecule has 2 aliphatic rings. The summed E-state index contributed by atoms with van der Waals surface area (Å²) in [5, 5.41) is 15.5. The molecule has 0 radical (unpaired) electrons. The molecule has 0 unspecified atom stereocenters. The first-order chi connectivity index (χ1) is 17.2. The van der Waals surface area contributed by atoms with Crippen molar-refractivity contribution in [1.82, 2.24) is 14.7 Å². The average molecular weight is 531 g/mol. The number of sulfonamides is 1. The smallest absolute Gasteiger partial charge is 0.260 e. The topological polar surface area (TPSA) is 137 Å². The lowest BCUT2D eigenvalue weighted by atomic mass is 9.93. The highest BCUT2D eigenvalue weighted by molar-refractivity contribution is 7.89. The summed E-state index contributed by atoms with van der Waals surface area (Å²) in [4.78, 5) is 24.5. The van der Waals surface area contributed by atoms with Gasteiger partial charge in [0.1, 0.15) is 17.5 Å². The van der Waals surface area contributed by atoms with Crippen molar-refractivity contribution in [2.45, 2.75) is 76.4 Å². The van der Waals surface area contributed by atoms with E-state index in [9.17, 15) is 18.3 Å². The van der Waals surface area contributed by atoms with Gasteiger partial charge < -0.3 is 20.6 Å². The normalized spacial score (nSPS) is 17.5. The average Bonchev–Trinajstić information content (AvgIpc) is 3.56. The number of hydrogen-bond donors (Lipinski definition) is 4. The maximum Gasteiger partial charge on any atom is 0.260 e. The number of pyridine rings is 2. The number of hydrogen-bond acceptors (Lipinski definition) is 8. The molecule has 1 saturated heterocycles. The molecule has 3 heterocycles. The second-order valence-electron chi connectivity index (χ2n) is 11.9. The van der Waals surface area contributed by atoms with Crippen LogP contribution >= 0.6 is 0 Å². The lowest BCUT2D eigenvalue weighted by Gasteiger charge is -2.34. The van der Waals surface area contributed by atoms with E-state index in [-0.39, 0.29) is 17.5 Å². The van der Waals surface area contributed by atoms with Crippen LogP contribution < -0.4 is 20.3 Å². The van der Waals surface area contributed by atoms with E-state index in [2.05, 4.69) is 25.2 Å². The first-order valence-electron chi connectivity index (χ1n) is 12.7. The van der Waals surface area contributed by atoms with Crippen LogP contribution in [0.15, 0.2) is 35.4 Å². The van der Waals surface area contributed by atoms with Gasteiger partial charge in [-0.2, -0.15) is 0 Å². The number of rotatable bonds is 8. The van der Waals surface area contributed by atoms with Crippen LogP contribution in [0, 0.1) is 5.41 Å². The van der Waals surface area contributed by atoms with E-state index in [1.807, 2.05) is 13.8 Å². The number of nitrogens with zero attached hydrogens (tertiary/aromatic N) is 3. The van der Waals surface area contributed by atoms with Gasteiger partial charge in [-0.1, -0.05) is 6.07 Å². The van der Waals surface area contributed by atoms with Crippen molar-refractivity contribution in [3.8, 4) is 0 Å². The summed E-state index contributed by atoms with van der Waals surface area (Å²) in [6, 6.07) is 7.91. The molecule has 1 saturated carbocycles. The number of aliphatic hydroxyl groups excluding tert-OH is 1. The van der Waals surface area contributed by atoms with Gasteiger partial charge in [-0.3, -0.25) is 4.79 Å². The number of carbonyl (C=O) groups is 1. The molecule has 0 bridgehead atoms. The van der Waals surface area contributed by atoms with E-state index in [1.54, 1.807) is 45.0 Å². The Bertz CT molecular complexity index is 1260. The van der Waals surface area contributed by atoms with Gasteiger partial charge in [-0.15, -0.1) is 0 Å². The summed E-state index contributed by atoms with van der Waals surface area (Å²) in [6.07, 6.45) is 4.67. The Morgan fingerprint density at radius 2 is 1.68 bits per heavy atom. The molecule has 1 aliphatic carbocycles. The predicted octanol–water partition coefficient (Wildman–Crippen LogP) is 3.37. The van der Waals surface area contributed by atoms with Crippen LogP contribution in [-0.4, -0.2) is 60.2 Å².